The van der Waals surface area contributed by atoms with Crippen LogP contribution in [-0.2, 0) is 0 Å². The van der Waals surface area contributed by atoms with Crippen molar-refractivity contribution in [3.05, 3.63) is 24.3 Å². The monoisotopic (exact) mass is 251 g/mol. The SMILES string of the molecule is CCCC(NC)C(CC)Oc1ccc(OC)cc1. The molecule has 2 unspecified atom stereocenters. The number of methoxy groups -OCH3 is 1. The Bertz CT molecular complexity index is 324. The Hall–Kier alpha value is -1.22. The van der Waals surface area contributed by atoms with Crippen LogP contribution in [0, 0.1) is 0 Å². The van der Waals surface area contributed by atoms with Crippen LogP contribution in [0.4, 0.5) is 0 Å². The first-order valence-electron chi connectivity index (χ1n) is 6.73. The molecule has 0 aliphatic heterocycles. The zero-order valence-electron chi connectivity index (χ0n) is 11.9. The molecule has 18 heavy (non-hydrogen) atoms. The molecule has 1 aromatic carbocycles. The Balaban J connectivity index is 2.65. The second-order valence-electron chi connectivity index (χ2n) is 4.42. The van der Waals surface area contributed by atoms with Crippen molar-refractivity contribution in [3.63, 3.8) is 0 Å². The molecule has 0 saturated carbocycles. The van der Waals surface area contributed by atoms with Gasteiger partial charge in [-0.15, -0.1) is 0 Å². The molecular weight excluding hydrogens is 226 g/mol. The minimum absolute atomic E-state index is 0.211. The summed E-state index contributed by atoms with van der Waals surface area (Å²) < 4.78 is 11.2. The lowest BCUT2D eigenvalue weighted by Crippen LogP contribution is -2.40. The molecule has 0 bridgehead atoms. The summed E-state index contributed by atoms with van der Waals surface area (Å²) >= 11 is 0. The van der Waals surface area contributed by atoms with Crippen LogP contribution in [0.5, 0.6) is 11.5 Å². The Morgan fingerprint density at radius 3 is 2.17 bits per heavy atom. The summed E-state index contributed by atoms with van der Waals surface area (Å²) in [5.74, 6) is 1.76. The molecule has 0 radical (unpaired) electrons. The molecular formula is C15H25NO2. The lowest BCUT2D eigenvalue weighted by atomic mass is 10.0. The predicted octanol–water partition coefficient (Wildman–Crippen LogP) is 3.24. The lowest BCUT2D eigenvalue weighted by Gasteiger charge is -2.26. The summed E-state index contributed by atoms with van der Waals surface area (Å²) in [5.41, 5.74) is 0. The van der Waals surface area contributed by atoms with Crippen LogP contribution in [0.2, 0.25) is 0 Å². The normalized spacial score (nSPS) is 14.0. The van der Waals surface area contributed by atoms with Crippen molar-refractivity contribution in [2.75, 3.05) is 14.2 Å². The van der Waals surface area contributed by atoms with Crippen molar-refractivity contribution in [3.8, 4) is 11.5 Å². The van der Waals surface area contributed by atoms with E-state index in [1.807, 2.05) is 31.3 Å². The highest BCUT2D eigenvalue weighted by Gasteiger charge is 2.19. The molecule has 102 valence electrons. The Kier molecular flexibility index (Phi) is 6.58. The van der Waals surface area contributed by atoms with E-state index < -0.39 is 0 Å². The Labute approximate surface area is 110 Å². The van der Waals surface area contributed by atoms with E-state index in [4.69, 9.17) is 9.47 Å². The number of rotatable bonds is 8. The highest BCUT2D eigenvalue weighted by molar-refractivity contribution is 5.31. The minimum atomic E-state index is 0.211. The molecule has 0 spiro atoms. The summed E-state index contributed by atoms with van der Waals surface area (Å²) in [5, 5.41) is 3.35. The average Bonchev–Trinajstić information content (AvgIpc) is 2.43. The smallest absolute Gasteiger partial charge is 0.120 e. The summed E-state index contributed by atoms with van der Waals surface area (Å²) in [7, 11) is 3.67. The maximum Gasteiger partial charge on any atom is 0.120 e. The number of hydrogen-bond acceptors (Lipinski definition) is 3. The first-order chi connectivity index (χ1) is 8.74. The second kappa shape index (κ2) is 7.98. The van der Waals surface area contributed by atoms with E-state index in [1.54, 1.807) is 7.11 Å². The van der Waals surface area contributed by atoms with Crippen LogP contribution in [0.1, 0.15) is 33.1 Å². The largest absolute Gasteiger partial charge is 0.497 e. The fraction of sp³-hybridized carbons (Fsp3) is 0.600. The van der Waals surface area contributed by atoms with Gasteiger partial charge in [-0.3, -0.25) is 0 Å². The third-order valence-corrected chi connectivity index (χ3v) is 3.17. The van der Waals surface area contributed by atoms with Crippen LogP contribution in [0.15, 0.2) is 24.3 Å². The van der Waals surface area contributed by atoms with Crippen molar-refractivity contribution in [2.24, 2.45) is 0 Å². The van der Waals surface area contributed by atoms with Crippen molar-refractivity contribution < 1.29 is 9.47 Å². The number of hydrogen-bond donors (Lipinski definition) is 1. The quantitative estimate of drug-likeness (QED) is 0.769. The highest BCUT2D eigenvalue weighted by atomic mass is 16.5. The molecule has 0 saturated heterocycles. The molecule has 0 aliphatic carbocycles. The fourth-order valence-corrected chi connectivity index (χ4v) is 2.11. The zero-order valence-corrected chi connectivity index (χ0v) is 11.9. The summed E-state index contributed by atoms with van der Waals surface area (Å²) in [6, 6.07) is 8.18. The molecule has 1 N–H and O–H groups in total. The second-order valence-corrected chi connectivity index (χ2v) is 4.42. The van der Waals surface area contributed by atoms with Crippen LogP contribution in [0.3, 0.4) is 0 Å². The summed E-state index contributed by atoms with van der Waals surface area (Å²) in [6.07, 6.45) is 3.50. The lowest BCUT2D eigenvalue weighted by molar-refractivity contribution is 0.146. The van der Waals surface area contributed by atoms with Gasteiger partial charge in [-0.05, 0) is 44.2 Å². The average molecular weight is 251 g/mol. The van der Waals surface area contributed by atoms with Crippen LogP contribution >= 0.6 is 0 Å². The van der Waals surface area contributed by atoms with E-state index in [0.717, 1.165) is 30.8 Å². The van der Waals surface area contributed by atoms with Gasteiger partial charge in [0.05, 0.1) is 7.11 Å². The molecule has 3 nitrogen and oxygen atoms in total. The highest BCUT2D eigenvalue weighted by Crippen LogP contribution is 2.20. The topological polar surface area (TPSA) is 30.5 Å². The van der Waals surface area contributed by atoms with E-state index in [2.05, 4.69) is 19.2 Å². The number of likely N-dealkylation sites (N-methyl/N-ethyl adjacent to an activating group) is 1. The van der Waals surface area contributed by atoms with Crippen molar-refractivity contribution in [1.29, 1.82) is 0 Å². The van der Waals surface area contributed by atoms with Gasteiger partial charge < -0.3 is 14.8 Å². The van der Waals surface area contributed by atoms with Crippen LogP contribution < -0.4 is 14.8 Å². The summed E-state index contributed by atoms with van der Waals surface area (Å²) in [4.78, 5) is 0. The Morgan fingerprint density at radius 1 is 1.11 bits per heavy atom. The molecule has 2 atom stereocenters. The summed E-state index contributed by atoms with van der Waals surface area (Å²) in [6.45, 7) is 4.36. The molecule has 0 aromatic heterocycles. The van der Waals surface area contributed by atoms with E-state index in [0.29, 0.717) is 6.04 Å². The van der Waals surface area contributed by atoms with Gasteiger partial charge in [0.15, 0.2) is 0 Å². The number of ether oxygens (including phenoxy) is 2. The third-order valence-electron chi connectivity index (χ3n) is 3.17. The van der Waals surface area contributed by atoms with Crippen molar-refractivity contribution >= 4 is 0 Å². The molecule has 0 aliphatic rings. The number of benzene rings is 1. The third kappa shape index (κ3) is 4.22. The van der Waals surface area contributed by atoms with E-state index >= 15 is 0 Å². The molecule has 1 rings (SSSR count). The molecule has 3 heteroatoms. The minimum Gasteiger partial charge on any atom is -0.497 e. The first kappa shape index (κ1) is 14.8. The maximum absolute atomic E-state index is 6.05. The van der Waals surface area contributed by atoms with Gasteiger partial charge >= 0.3 is 0 Å². The van der Waals surface area contributed by atoms with Crippen LogP contribution in [0.25, 0.3) is 0 Å². The van der Waals surface area contributed by atoms with E-state index in [9.17, 15) is 0 Å². The Morgan fingerprint density at radius 2 is 1.72 bits per heavy atom. The van der Waals surface area contributed by atoms with Crippen molar-refractivity contribution in [1.82, 2.24) is 5.32 Å². The van der Waals surface area contributed by atoms with Crippen LogP contribution in [-0.4, -0.2) is 26.3 Å². The van der Waals surface area contributed by atoms with Crippen molar-refractivity contribution in [2.45, 2.75) is 45.3 Å². The van der Waals surface area contributed by atoms with Gasteiger partial charge in [0.2, 0.25) is 0 Å². The van der Waals surface area contributed by atoms with Gasteiger partial charge in [-0.2, -0.15) is 0 Å². The fourth-order valence-electron chi connectivity index (χ4n) is 2.11. The first-order valence-corrected chi connectivity index (χ1v) is 6.73. The maximum atomic E-state index is 6.05. The molecule has 1 aromatic rings. The molecule has 0 heterocycles. The van der Waals surface area contributed by atoms with Gasteiger partial charge in [0, 0.05) is 6.04 Å². The standard InChI is InChI=1S/C15H25NO2/c1-5-7-14(16-3)15(6-2)18-13-10-8-12(17-4)9-11-13/h8-11,14-16H,5-7H2,1-4H3. The van der Waals surface area contributed by atoms with Gasteiger partial charge in [0.25, 0.3) is 0 Å². The predicted molar refractivity (Wildman–Crippen MR) is 75.5 cm³/mol. The van der Waals surface area contributed by atoms with Gasteiger partial charge in [0.1, 0.15) is 17.6 Å². The molecule has 0 amide bonds. The van der Waals surface area contributed by atoms with Gasteiger partial charge in [-0.1, -0.05) is 20.3 Å². The number of nitrogens with one attached hydrogen (secondary N) is 1. The molecule has 0 fully saturated rings. The van der Waals surface area contributed by atoms with E-state index in [-0.39, 0.29) is 6.10 Å². The van der Waals surface area contributed by atoms with E-state index in [1.165, 1.54) is 0 Å². The zero-order chi connectivity index (χ0) is 13.4. The van der Waals surface area contributed by atoms with Gasteiger partial charge in [-0.25, -0.2) is 0 Å².